The van der Waals surface area contributed by atoms with Crippen LogP contribution in [-0.4, -0.2) is 45.4 Å². The van der Waals surface area contributed by atoms with Gasteiger partial charge in [-0.05, 0) is 73.6 Å². The summed E-state index contributed by atoms with van der Waals surface area (Å²) in [7, 11) is 0. The lowest BCUT2D eigenvalue weighted by Gasteiger charge is -2.33. The summed E-state index contributed by atoms with van der Waals surface area (Å²) in [6.07, 6.45) is 0.801. The highest BCUT2D eigenvalue weighted by Crippen LogP contribution is 2.35. The summed E-state index contributed by atoms with van der Waals surface area (Å²) in [6.45, 7) is 3.54. The number of imidazole rings is 1. The summed E-state index contributed by atoms with van der Waals surface area (Å²) in [6, 6.07) is 15.6. The van der Waals surface area contributed by atoms with E-state index in [9.17, 15) is 9.70 Å². The zero-order chi connectivity index (χ0) is 23.1. The monoisotopic (exact) mass is 570 g/mol. The Balaban J connectivity index is 1.50. The van der Waals surface area contributed by atoms with Crippen molar-refractivity contribution in [3.8, 4) is 0 Å². The van der Waals surface area contributed by atoms with Gasteiger partial charge < -0.3 is 4.57 Å². The predicted octanol–water partition coefficient (Wildman–Crippen LogP) is 5.12. The number of carbonyl (C=O) groups excluding carboxylic acids is 1. The number of nitrogens with zero attached hydrogens (tertiary/aromatic N) is 6. The van der Waals surface area contributed by atoms with E-state index < -0.39 is 0 Å². The summed E-state index contributed by atoms with van der Waals surface area (Å²) in [5, 5.41) is 3.00. The first-order valence-corrected chi connectivity index (χ1v) is 12.2. The van der Waals surface area contributed by atoms with Crippen LogP contribution in [0.4, 0.5) is 11.5 Å². The van der Waals surface area contributed by atoms with E-state index in [1.807, 2.05) is 46.7 Å². The summed E-state index contributed by atoms with van der Waals surface area (Å²) in [5.74, 6) is 1.17. The van der Waals surface area contributed by atoms with E-state index in [-0.39, 0.29) is 11.9 Å². The molecule has 1 atom stereocenters. The van der Waals surface area contributed by atoms with E-state index in [2.05, 4.69) is 49.2 Å². The topological polar surface area (TPSA) is 83.2 Å². The van der Waals surface area contributed by atoms with E-state index in [1.165, 1.54) is 5.56 Å². The number of guanidine groups is 1. The third-order valence-electron chi connectivity index (χ3n) is 5.86. The SMILES string of the molecule is CCN1C(=O)c2c(nc(Br)n2Cc2ccc(N=O)c(Br)c2)N2C[C@@H](Cc3ccccc3)N=C12. The van der Waals surface area contributed by atoms with Crippen molar-refractivity contribution in [2.75, 3.05) is 18.0 Å². The molecule has 0 saturated carbocycles. The van der Waals surface area contributed by atoms with Crippen molar-refractivity contribution in [2.24, 2.45) is 10.2 Å². The van der Waals surface area contributed by atoms with Crippen LogP contribution in [0.5, 0.6) is 0 Å². The zero-order valence-corrected chi connectivity index (χ0v) is 21.0. The molecule has 0 unspecified atom stereocenters. The Morgan fingerprint density at radius 2 is 1.91 bits per heavy atom. The van der Waals surface area contributed by atoms with Crippen molar-refractivity contribution >= 4 is 55.2 Å². The number of anilines is 1. The molecule has 1 aromatic heterocycles. The minimum absolute atomic E-state index is 0.0402. The number of hydrogen-bond acceptors (Lipinski definition) is 6. The summed E-state index contributed by atoms with van der Waals surface area (Å²) >= 11 is 6.93. The Hall–Kier alpha value is -2.85. The van der Waals surface area contributed by atoms with Crippen LogP contribution in [0.2, 0.25) is 0 Å². The molecule has 3 heterocycles. The van der Waals surface area contributed by atoms with Gasteiger partial charge in [-0.25, -0.2) is 9.98 Å². The molecule has 33 heavy (non-hydrogen) atoms. The quantitative estimate of drug-likeness (QED) is 0.385. The molecule has 0 spiro atoms. The minimum atomic E-state index is -0.119. The Bertz CT molecular complexity index is 1270. The first-order valence-electron chi connectivity index (χ1n) is 10.6. The van der Waals surface area contributed by atoms with Gasteiger partial charge in [-0.15, -0.1) is 4.91 Å². The molecule has 2 aromatic carbocycles. The van der Waals surface area contributed by atoms with Gasteiger partial charge in [0.05, 0.1) is 19.1 Å². The van der Waals surface area contributed by atoms with Gasteiger partial charge in [0, 0.05) is 11.0 Å². The van der Waals surface area contributed by atoms with Crippen LogP contribution in [-0.2, 0) is 13.0 Å². The van der Waals surface area contributed by atoms with E-state index in [4.69, 9.17) is 9.98 Å². The molecule has 0 radical (unpaired) electrons. The predicted molar refractivity (Wildman–Crippen MR) is 134 cm³/mol. The standard InChI is InChI=1S/C23H20Br2N6O2/c1-2-29-21(32)19-20(31-13-16(26-23(29)31)10-14-6-4-3-5-7-14)27-22(25)30(19)12-15-8-9-18(28-33)17(24)11-15/h3-9,11,16H,2,10,12-13H2,1H3/t16-/m1/s1. The van der Waals surface area contributed by atoms with Crippen LogP contribution in [0.3, 0.4) is 0 Å². The van der Waals surface area contributed by atoms with Crippen molar-refractivity contribution in [1.29, 1.82) is 0 Å². The van der Waals surface area contributed by atoms with Gasteiger partial charge >= 0.3 is 0 Å². The van der Waals surface area contributed by atoms with Crippen LogP contribution >= 0.6 is 31.9 Å². The van der Waals surface area contributed by atoms with Crippen LogP contribution < -0.4 is 4.90 Å². The smallest absolute Gasteiger partial charge is 0.281 e. The highest BCUT2D eigenvalue weighted by molar-refractivity contribution is 9.10. The highest BCUT2D eigenvalue weighted by Gasteiger charge is 2.43. The highest BCUT2D eigenvalue weighted by atomic mass is 79.9. The molecule has 1 amide bonds. The molecule has 2 aliphatic heterocycles. The van der Waals surface area contributed by atoms with E-state index in [0.717, 1.165) is 12.0 Å². The van der Waals surface area contributed by atoms with Crippen LogP contribution in [0.15, 0.2) is 67.9 Å². The summed E-state index contributed by atoms with van der Waals surface area (Å²) in [4.78, 5) is 37.8. The minimum Gasteiger partial charge on any atom is -0.308 e. The van der Waals surface area contributed by atoms with E-state index >= 15 is 0 Å². The Labute approximate surface area is 207 Å². The van der Waals surface area contributed by atoms with Crippen LogP contribution in [0, 0.1) is 4.91 Å². The van der Waals surface area contributed by atoms with Gasteiger partial charge in [-0.1, -0.05) is 36.4 Å². The second kappa shape index (κ2) is 8.83. The van der Waals surface area contributed by atoms with E-state index in [0.29, 0.717) is 52.0 Å². The number of amides is 1. The van der Waals surface area contributed by atoms with Crippen LogP contribution in [0.25, 0.3) is 0 Å². The van der Waals surface area contributed by atoms with Crippen molar-refractivity contribution in [2.45, 2.75) is 25.9 Å². The van der Waals surface area contributed by atoms with Gasteiger partial charge in [-0.2, -0.15) is 0 Å². The molecule has 0 fully saturated rings. The third kappa shape index (κ3) is 3.91. The molecule has 3 aromatic rings. The van der Waals surface area contributed by atoms with Crippen molar-refractivity contribution < 1.29 is 4.79 Å². The molecular weight excluding hydrogens is 552 g/mol. The zero-order valence-electron chi connectivity index (χ0n) is 17.8. The van der Waals surface area contributed by atoms with Crippen molar-refractivity contribution in [1.82, 2.24) is 14.5 Å². The number of carbonyl (C=O) groups is 1. The van der Waals surface area contributed by atoms with Gasteiger partial charge in [-0.3, -0.25) is 14.6 Å². The normalized spacial score (nSPS) is 17.1. The molecule has 0 N–H and O–H groups in total. The fourth-order valence-corrected chi connectivity index (χ4v) is 5.29. The molecule has 8 nitrogen and oxygen atoms in total. The molecule has 2 aliphatic rings. The maximum Gasteiger partial charge on any atom is 0.281 e. The number of aromatic nitrogens is 2. The maximum atomic E-state index is 13.5. The molecular formula is C23H20Br2N6O2. The lowest BCUT2D eigenvalue weighted by molar-refractivity contribution is 0.0836. The second-order valence-corrected chi connectivity index (χ2v) is 9.51. The molecule has 0 saturated heterocycles. The Kier molecular flexibility index (Phi) is 5.88. The number of halogens is 2. The van der Waals surface area contributed by atoms with Gasteiger partial charge in [0.15, 0.2) is 16.2 Å². The molecule has 0 bridgehead atoms. The lowest BCUT2D eigenvalue weighted by atomic mass is 10.1. The molecule has 0 aliphatic carbocycles. The average Bonchev–Trinajstić information content (AvgIpc) is 3.36. The number of fused-ring (bicyclic) bond motifs is 3. The third-order valence-corrected chi connectivity index (χ3v) is 7.10. The molecule has 5 rings (SSSR count). The Morgan fingerprint density at radius 3 is 2.61 bits per heavy atom. The molecule has 10 heteroatoms. The van der Waals surface area contributed by atoms with Crippen molar-refractivity contribution in [3.05, 3.63) is 79.5 Å². The van der Waals surface area contributed by atoms with Gasteiger partial charge in [0.2, 0.25) is 5.96 Å². The van der Waals surface area contributed by atoms with Crippen molar-refractivity contribution in [3.63, 3.8) is 0 Å². The largest absolute Gasteiger partial charge is 0.308 e. The molecule has 168 valence electrons. The fourth-order valence-electron chi connectivity index (χ4n) is 4.33. The maximum absolute atomic E-state index is 13.5. The first-order chi connectivity index (χ1) is 16.0. The Morgan fingerprint density at radius 1 is 1.12 bits per heavy atom. The first kappa shape index (κ1) is 22.0. The number of hydrogen-bond donors (Lipinski definition) is 0. The average molecular weight is 572 g/mol. The summed E-state index contributed by atoms with van der Waals surface area (Å²) < 4.78 is 3.04. The summed E-state index contributed by atoms with van der Waals surface area (Å²) in [5.41, 5.74) is 2.98. The van der Waals surface area contributed by atoms with Gasteiger partial charge in [0.1, 0.15) is 5.69 Å². The van der Waals surface area contributed by atoms with Gasteiger partial charge in [0.25, 0.3) is 5.91 Å². The second-order valence-electron chi connectivity index (χ2n) is 7.95. The number of aliphatic imine (C=N–C) groups is 1. The number of rotatable bonds is 6. The van der Waals surface area contributed by atoms with Crippen LogP contribution in [0.1, 0.15) is 28.5 Å². The lowest BCUT2D eigenvalue weighted by Crippen LogP contribution is -2.50. The number of benzene rings is 2. The fraction of sp³-hybridized carbons (Fsp3) is 0.261. The van der Waals surface area contributed by atoms with E-state index in [1.54, 1.807) is 11.0 Å². The number of nitroso groups, excluding NO2 is 1.